The van der Waals surface area contributed by atoms with E-state index in [1.54, 1.807) is 4.90 Å². The highest BCUT2D eigenvalue weighted by Gasteiger charge is 2.37. The number of nitrogens with zero attached hydrogens (tertiary/aromatic N) is 1. The summed E-state index contributed by atoms with van der Waals surface area (Å²) in [4.78, 5) is 14.5. The molecule has 6 heteroatoms. The lowest BCUT2D eigenvalue weighted by atomic mass is 9.75. The normalized spacial score (nSPS) is 19.4. The van der Waals surface area contributed by atoms with Crippen molar-refractivity contribution in [2.24, 2.45) is 5.41 Å². The maximum absolute atomic E-state index is 14.1. The van der Waals surface area contributed by atoms with Crippen LogP contribution in [0.3, 0.4) is 0 Å². The van der Waals surface area contributed by atoms with Crippen LogP contribution in [0.2, 0.25) is 5.02 Å². The quantitative estimate of drug-likeness (QED) is 0.698. The largest absolute Gasteiger partial charge is 0.396 e. The lowest BCUT2D eigenvalue weighted by molar-refractivity contribution is -0.135. The van der Waals surface area contributed by atoms with Crippen LogP contribution in [-0.2, 0) is 17.6 Å². The number of halogens is 3. The number of piperidine rings is 1. The van der Waals surface area contributed by atoms with E-state index in [1.165, 1.54) is 12.1 Å². The SMILES string of the molecule is O=C(CCCc1ccc(Cl)cc1)N1CCCC(CO)(Cc2ccc(F)cc2F)C1. The second-order valence-electron chi connectivity index (χ2n) is 7.97. The van der Waals surface area contributed by atoms with E-state index in [4.69, 9.17) is 11.6 Å². The van der Waals surface area contributed by atoms with Gasteiger partial charge in [0.15, 0.2) is 0 Å². The summed E-state index contributed by atoms with van der Waals surface area (Å²) in [5.74, 6) is -1.18. The third kappa shape index (κ3) is 5.77. The molecule has 0 aliphatic carbocycles. The first-order valence-corrected chi connectivity index (χ1v) is 10.4. The maximum Gasteiger partial charge on any atom is 0.222 e. The molecule has 1 fully saturated rings. The average molecular weight is 422 g/mol. The van der Waals surface area contributed by atoms with Crippen LogP contribution in [-0.4, -0.2) is 35.6 Å². The van der Waals surface area contributed by atoms with Gasteiger partial charge in [-0.25, -0.2) is 8.78 Å². The van der Waals surface area contributed by atoms with Crippen molar-refractivity contribution >= 4 is 17.5 Å². The van der Waals surface area contributed by atoms with E-state index in [0.717, 1.165) is 30.9 Å². The first-order chi connectivity index (χ1) is 13.9. The number of rotatable bonds is 7. The van der Waals surface area contributed by atoms with Crippen LogP contribution in [0.4, 0.5) is 8.78 Å². The zero-order chi connectivity index (χ0) is 20.9. The predicted molar refractivity (Wildman–Crippen MR) is 110 cm³/mol. The van der Waals surface area contributed by atoms with E-state index in [0.29, 0.717) is 36.5 Å². The zero-order valence-electron chi connectivity index (χ0n) is 16.3. The first kappa shape index (κ1) is 21.7. The van der Waals surface area contributed by atoms with Gasteiger partial charge in [0.2, 0.25) is 5.91 Å². The number of carbonyl (C=O) groups excluding carboxylic acids is 1. The fourth-order valence-electron chi connectivity index (χ4n) is 4.07. The Kier molecular flexibility index (Phi) is 7.25. The van der Waals surface area contributed by atoms with E-state index < -0.39 is 17.0 Å². The number of hydrogen-bond acceptors (Lipinski definition) is 2. The summed E-state index contributed by atoms with van der Waals surface area (Å²) in [7, 11) is 0. The molecule has 1 unspecified atom stereocenters. The minimum absolute atomic E-state index is 0.0519. The Bertz CT molecular complexity index is 843. The van der Waals surface area contributed by atoms with Gasteiger partial charge >= 0.3 is 0 Å². The maximum atomic E-state index is 14.1. The lowest BCUT2D eigenvalue weighted by Gasteiger charge is -2.42. The van der Waals surface area contributed by atoms with Crippen LogP contribution < -0.4 is 0 Å². The number of aliphatic hydroxyl groups is 1. The van der Waals surface area contributed by atoms with Crippen molar-refractivity contribution in [3.05, 3.63) is 70.2 Å². The topological polar surface area (TPSA) is 40.5 Å². The van der Waals surface area contributed by atoms with E-state index in [-0.39, 0.29) is 18.9 Å². The summed E-state index contributed by atoms with van der Waals surface area (Å²) >= 11 is 5.89. The average Bonchev–Trinajstić information content (AvgIpc) is 2.72. The molecule has 1 heterocycles. The van der Waals surface area contributed by atoms with Crippen molar-refractivity contribution in [3.63, 3.8) is 0 Å². The van der Waals surface area contributed by atoms with E-state index in [1.807, 2.05) is 24.3 Å². The Balaban J connectivity index is 1.58. The number of likely N-dealkylation sites (tertiary alicyclic amines) is 1. The number of amides is 1. The van der Waals surface area contributed by atoms with Gasteiger partial charge in [-0.2, -0.15) is 0 Å². The second kappa shape index (κ2) is 9.68. The molecule has 0 bridgehead atoms. The highest BCUT2D eigenvalue weighted by molar-refractivity contribution is 6.30. The predicted octanol–water partition coefficient (Wildman–Crippen LogP) is 4.78. The van der Waals surface area contributed by atoms with Gasteiger partial charge in [0.05, 0.1) is 6.61 Å². The summed E-state index contributed by atoms with van der Waals surface area (Å²) in [6.45, 7) is 0.895. The van der Waals surface area contributed by atoms with Crippen LogP contribution in [0.1, 0.15) is 36.8 Å². The fraction of sp³-hybridized carbons (Fsp3) is 0.435. The molecule has 0 aromatic heterocycles. The first-order valence-electron chi connectivity index (χ1n) is 9.98. The van der Waals surface area contributed by atoms with Gasteiger partial charge in [-0.05, 0) is 61.4 Å². The van der Waals surface area contributed by atoms with Crippen LogP contribution in [0, 0.1) is 17.0 Å². The molecule has 1 N–H and O–H groups in total. The highest BCUT2D eigenvalue weighted by atomic mass is 35.5. The molecule has 29 heavy (non-hydrogen) atoms. The molecule has 0 spiro atoms. The van der Waals surface area contributed by atoms with Gasteiger partial charge in [-0.15, -0.1) is 0 Å². The van der Waals surface area contributed by atoms with Crippen molar-refractivity contribution in [2.75, 3.05) is 19.7 Å². The Hall–Kier alpha value is -1.98. The molecule has 1 amide bonds. The Morgan fingerprint density at radius 3 is 2.62 bits per heavy atom. The minimum Gasteiger partial charge on any atom is -0.396 e. The Labute approximate surface area is 175 Å². The summed E-state index contributed by atoms with van der Waals surface area (Å²) < 4.78 is 27.3. The summed E-state index contributed by atoms with van der Waals surface area (Å²) in [5.41, 5.74) is 0.915. The number of hydrogen-bond donors (Lipinski definition) is 1. The van der Waals surface area contributed by atoms with Gasteiger partial charge in [-0.1, -0.05) is 29.8 Å². The van der Waals surface area contributed by atoms with Crippen LogP contribution in [0.25, 0.3) is 0 Å². The molecule has 0 saturated carbocycles. The third-order valence-corrected chi connectivity index (χ3v) is 5.95. The molecule has 3 nitrogen and oxygen atoms in total. The Morgan fingerprint density at radius 1 is 1.17 bits per heavy atom. The Morgan fingerprint density at radius 2 is 1.93 bits per heavy atom. The van der Waals surface area contributed by atoms with E-state index in [2.05, 4.69) is 0 Å². The molecule has 156 valence electrons. The van der Waals surface area contributed by atoms with Gasteiger partial charge in [-0.3, -0.25) is 4.79 Å². The fourth-order valence-corrected chi connectivity index (χ4v) is 4.20. The molecule has 3 rings (SSSR count). The molecule has 1 aliphatic heterocycles. The van der Waals surface area contributed by atoms with Crippen molar-refractivity contribution < 1.29 is 18.7 Å². The number of benzene rings is 2. The standard InChI is InChI=1S/C23H26ClF2NO2/c24-19-8-5-17(6-9-19)3-1-4-22(29)27-12-2-11-23(15-27,16-28)14-18-7-10-20(25)13-21(18)26/h5-10,13,28H,1-4,11-12,14-16H2. The van der Waals surface area contributed by atoms with Gasteiger partial charge in [0, 0.05) is 36.0 Å². The summed E-state index contributed by atoms with van der Waals surface area (Å²) in [6.07, 6.45) is 3.69. The van der Waals surface area contributed by atoms with Gasteiger partial charge < -0.3 is 10.0 Å². The molecule has 1 saturated heterocycles. The number of carbonyl (C=O) groups is 1. The van der Waals surface area contributed by atoms with E-state index >= 15 is 0 Å². The van der Waals surface area contributed by atoms with Crippen molar-refractivity contribution in [1.82, 2.24) is 4.90 Å². The number of aliphatic hydroxyl groups excluding tert-OH is 1. The van der Waals surface area contributed by atoms with Crippen LogP contribution >= 0.6 is 11.6 Å². The summed E-state index contributed by atoms with van der Waals surface area (Å²) in [6, 6.07) is 11.1. The molecule has 2 aromatic rings. The third-order valence-electron chi connectivity index (χ3n) is 5.70. The lowest BCUT2D eigenvalue weighted by Crippen LogP contribution is -2.49. The molecular weight excluding hydrogens is 396 g/mol. The van der Waals surface area contributed by atoms with E-state index in [9.17, 15) is 18.7 Å². The second-order valence-corrected chi connectivity index (χ2v) is 8.41. The molecule has 2 aromatic carbocycles. The van der Waals surface area contributed by atoms with Crippen molar-refractivity contribution in [3.8, 4) is 0 Å². The molecule has 1 atom stereocenters. The molecular formula is C23H26ClF2NO2. The van der Waals surface area contributed by atoms with Crippen molar-refractivity contribution in [2.45, 2.75) is 38.5 Å². The van der Waals surface area contributed by atoms with Gasteiger partial charge in [0.25, 0.3) is 0 Å². The minimum atomic E-state index is -0.620. The van der Waals surface area contributed by atoms with Crippen molar-refractivity contribution in [1.29, 1.82) is 0 Å². The van der Waals surface area contributed by atoms with Crippen LogP contribution in [0.15, 0.2) is 42.5 Å². The smallest absolute Gasteiger partial charge is 0.222 e. The monoisotopic (exact) mass is 421 g/mol. The molecule has 0 radical (unpaired) electrons. The van der Waals surface area contributed by atoms with Gasteiger partial charge in [0.1, 0.15) is 11.6 Å². The number of aryl methyl sites for hydroxylation is 1. The zero-order valence-corrected chi connectivity index (χ0v) is 17.1. The summed E-state index contributed by atoms with van der Waals surface area (Å²) in [5, 5.41) is 10.7. The molecule has 1 aliphatic rings. The highest BCUT2D eigenvalue weighted by Crippen LogP contribution is 2.34. The van der Waals surface area contributed by atoms with Crippen LogP contribution in [0.5, 0.6) is 0 Å².